The molecule has 2 nitrogen and oxygen atoms in total. The van der Waals surface area contributed by atoms with E-state index < -0.39 is 0 Å². The Balaban J connectivity index is 0.000000791. The van der Waals surface area contributed by atoms with Crippen LogP contribution in [-0.2, 0) is 4.74 Å². The topological polar surface area (TPSA) is 12.5 Å². The van der Waals surface area contributed by atoms with Gasteiger partial charge in [-0.1, -0.05) is 27.7 Å². The third-order valence-corrected chi connectivity index (χ3v) is 2.94. The zero-order chi connectivity index (χ0) is 11.0. The third kappa shape index (κ3) is 3.58. The standard InChI is InChI=1S/C10H21NO.C2H6/c1-4-10(12-6-3)7-8-11(5-2)9-10;1-2/h4-9H2,1-3H3;1-2H3. The molecule has 0 aliphatic carbocycles. The Labute approximate surface area is 89.6 Å². The average molecular weight is 201 g/mol. The second kappa shape index (κ2) is 7.24. The number of hydrogen-bond donors (Lipinski definition) is 0. The summed E-state index contributed by atoms with van der Waals surface area (Å²) in [5, 5.41) is 0. The van der Waals surface area contributed by atoms with Crippen molar-refractivity contribution in [2.24, 2.45) is 0 Å². The first kappa shape index (κ1) is 13.9. The number of rotatable bonds is 4. The molecule has 1 atom stereocenters. The number of nitrogens with zero attached hydrogens (tertiary/aromatic N) is 1. The predicted octanol–water partition coefficient (Wildman–Crippen LogP) is 2.92. The smallest absolute Gasteiger partial charge is 0.0818 e. The minimum absolute atomic E-state index is 0.185. The molecule has 0 N–H and O–H groups in total. The van der Waals surface area contributed by atoms with Crippen molar-refractivity contribution in [3.8, 4) is 0 Å². The lowest BCUT2D eigenvalue weighted by Crippen LogP contribution is -2.35. The fraction of sp³-hybridized carbons (Fsp3) is 1.00. The van der Waals surface area contributed by atoms with Gasteiger partial charge in [0.1, 0.15) is 0 Å². The molecule has 0 radical (unpaired) electrons. The van der Waals surface area contributed by atoms with Crippen LogP contribution in [0.3, 0.4) is 0 Å². The molecule has 1 fully saturated rings. The maximum absolute atomic E-state index is 5.83. The van der Waals surface area contributed by atoms with Gasteiger partial charge in [0.25, 0.3) is 0 Å². The van der Waals surface area contributed by atoms with Crippen molar-refractivity contribution in [1.82, 2.24) is 4.90 Å². The molecule has 0 saturated carbocycles. The summed E-state index contributed by atoms with van der Waals surface area (Å²) in [6.07, 6.45) is 2.36. The highest BCUT2D eigenvalue weighted by Gasteiger charge is 2.36. The first-order chi connectivity index (χ1) is 6.76. The lowest BCUT2D eigenvalue weighted by atomic mass is 10.00. The zero-order valence-electron chi connectivity index (χ0n) is 10.6. The summed E-state index contributed by atoms with van der Waals surface area (Å²) >= 11 is 0. The van der Waals surface area contributed by atoms with E-state index in [0.717, 1.165) is 26.1 Å². The highest BCUT2D eigenvalue weighted by atomic mass is 16.5. The van der Waals surface area contributed by atoms with Crippen LogP contribution in [0.5, 0.6) is 0 Å². The van der Waals surface area contributed by atoms with Crippen LogP contribution in [0.15, 0.2) is 0 Å². The van der Waals surface area contributed by atoms with Crippen molar-refractivity contribution in [3.63, 3.8) is 0 Å². The van der Waals surface area contributed by atoms with Crippen LogP contribution in [0.2, 0.25) is 0 Å². The molecule has 0 aromatic rings. The van der Waals surface area contributed by atoms with Gasteiger partial charge in [-0.25, -0.2) is 0 Å². The lowest BCUT2D eigenvalue weighted by Gasteiger charge is -2.27. The van der Waals surface area contributed by atoms with Crippen LogP contribution in [0.25, 0.3) is 0 Å². The predicted molar refractivity (Wildman–Crippen MR) is 62.7 cm³/mol. The van der Waals surface area contributed by atoms with Gasteiger partial charge in [-0.3, -0.25) is 0 Å². The van der Waals surface area contributed by atoms with E-state index in [2.05, 4.69) is 25.7 Å². The van der Waals surface area contributed by atoms with Crippen molar-refractivity contribution in [2.75, 3.05) is 26.2 Å². The molecular weight excluding hydrogens is 174 g/mol. The highest BCUT2D eigenvalue weighted by molar-refractivity contribution is 4.90. The van der Waals surface area contributed by atoms with Gasteiger partial charge in [-0.2, -0.15) is 0 Å². The molecule has 1 heterocycles. The van der Waals surface area contributed by atoms with Gasteiger partial charge < -0.3 is 9.64 Å². The molecule has 1 aliphatic heterocycles. The molecule has 0 spiro atoms. The Hall–Kier alpha value is -0.0800. The van der Waals surface area contributed by atoms with Crippen LogP contribution >= 0.6 is 0 Å². The van der Waals surface area contributed by atoms with Crippen molar-refractivity contribution in [1.29, 1.82) is 0 Å². The van der Waals surface area contributed by atoms with Crippen LogP contribution < -0.4 is 0 Å². The summed E-state index contributed by atoms with van der Waals surface area (Å²) in [6, 6.07) is 0. The molecule has 86 valence electrons. The summed E-state index contributed by atoms with van der Waals surface area (Å²) in [5.74, 6) is 0. The normalized spacial score (nSPS) is 27.2. The first-order valence-electron chi connectivity index (χ1n) is 6.12. The van der Waals surface area contributed by atoms with Gasteiger partial charge in [-0.15, -0.1) is 0 Å². The molecular formula is C12H27NO. The molecule has 1 aliphatic rings. The summed E-state index contributed by atoms with van der Waals surface area (Å²) in [7, 11) is 0. The van der Waals surface area contributed by atoms with E-state index in [0.29, 0.717) is 0 Å². The lowest BCUT2D eigenvalue weighted by molar-refractivity contribution is -0.0332. The van der Waals surface area contributed by atoms with Gasteiger partial charge >= 0.3 is 0 Å². The van der Waals surface area contributed by atoms with E-state index in [-0.39, 0.29) is 5.60 Å². The van der Waals surface area contributed by atoms with Gasteiger partial charge in [-0.05, 0) is 26.3 Å². The van der Waals surface area contributed by atoms with Crippen LogP contribution in [-0.4, -0.2) is 36.7 Å². The van der Waals surface area contributed by atoms with Gasteiger partial charge in [0, 0.05) is 19.7 Å². The quantitative estimate of drug-likeness (QED) is 0.693. The minimum Gasteiger partial charge on any atom is -0.374 e. The zero-order valence-corrected chi connectivity index (χ0v) is 10.6. The van der Waals surface area contributed by atoms with E-state index in [9.17, 15) is 0 Å². The summed E-state index contributed by atoms with van der Waals surface area (Å²) in [4.78, 5) is 2.47. The molecule has 0 aromatic carbocycles. The Kier molecular flexibility index (Phi) is 7.20. The van der Waals surface area contributed by atoms with Gasteiger partial charge in [0.05, 0.1) is 5.60 Å². The summed E-state index contributed by atoms with van der Waals surface area (Å²) < 4.78 is 5.83. The molecule has 2 heteroatoms. The average Bonchev–Trinajstić information content (AvgIpc) is 2.66. The number of hydrogen-bond acceptors (Lipinski definition) is 2. The van der Waals surface area contributed by atoms with E-state index >= 15 is 0 Å². The van der Waals surface area contributed by atoms with Crippen LogP contribution in [0.1, 0.15) is 47.5 Å². The second-order valence-corrected chi connectivity index (χ2v) is 3.59. The van der Waals surface area contributed by atoms with Crippen molar-refractivity contribution in [3.05, 3.63) is 0 Å². The molecule has 1 rings (SSSR count). The van der Waals surface area contributed by atoms with E-state index in [1.54, 1.807) is 0 Å². The monoisotopic (exact) mass is 201 g/mol. The van der Waals surface area contributed by atoms with Gasteiger partial charge in [0.2, 0.25) is 0 Å². The fourth-order valence-electron chi connectivity index (χ4n) is 2.01. The van der Waals surface area contributed by atoms with E-state index in [1.165, 1.54) is 13.0 Å². The molecule has 1 unspecified atom stereocenters. The maximum Gasteiger partial charge on any atom is 0.0818 e. The largest absolute Gasteiger partial charge is 0.374 e. The molecule has 0 bridgehead atoms. The third-order valence-electron chi connectivity index (χ3n) is 2.94. The fourth-order valence-corrected chi connectivity index (χ4v) is 2.01. The van der Waals surface area contributed by atoms with Crippen LogP contribution in [0, 0.1) is 0 Å². The Morgan fingerprint density at radius 3 is 2.21 bits per heavy atom. The second-order valence-electron chi connectivity index (χ2n) is 3.59. The number of ether oxygens (including phenoxy) is 1. The number of likely N-dealkylation sites (tertiary alicyclic amines) is 1. The van der Waals surface area contributed by atoms with Gasteiger partial charge in [0.15, 0.2) is 0 Å². The first-order valence-corrected chi connectivity index (χ1v) is 6.12. The van der Waals surface area contributed by atoms with Crippen molar-refractivity contribution >= 4 is 0 Å². The van der Waals surface area contributed by atoms with E-state index in [4.69, 9.17) is 4.74 Å². The summed E-state index contributed by atoms with van der Waals surface area (Å²) in [6.45, 7) is 14.9. The minimum atomic E-state index is 0.185. The summed E-state index contributed by atoms with van der Waals surface area (Å²) in [5.41, 5.74) is 0.185. The maximum atomic E-state index is 5.83. The Morgan fingerprint density at radius 1 is 1.21 bits per heavy atom. The molecule has 0 aromatic heterocycles. The molecule has 0 amide bonds. The van der Waals surface area contributed by atoms with Crippen molar-refractivity contribution in [2.45, 2.75) is 53.1 Å². The molecule has 1 saturated heterocycles. The van der Waals surface area contributed by atoms with Crippen LogP contribution in [0.4, 0.5) is 0 Å². The highest BCUT2D eigenvalue weighted by Crippen LogP contribution is 2.28. The Morgan fingerprint density at radius 2 is 1.86 bits per heavy atom. The number of likely N-dealkylation sites (N-methyl/N-ethyl adjacent to an activating group) is 1. The van der Waals surface area contributed by atoms with E-state index in [1.807, 2.05) is 13.8 Å². The molecule has 14 heavy (non-hydrogen) atoms. The Bertz CT molecular complexity index is 138. The SMILES string of the molecule is CC.CCOC1(CC)CCN(CC)C1. The van der Waals surface area contributed by atoms with Crippen molar-refractivity contribution < 1.29 is 4.74 Å².